The Balaban J connectivity index is 2.85. The Kier molecular flexibility index (Phi) is 3.72. The zero-order valence-electron chi connectivity index (χ0n) is 8.20. The topological polar surface area (TPSA) is 34.1 Å². The van der Waals surface area contributed by atoms with Gasteiger partial charge in [-0.15, -0.1) is 0 Å². The Morgan fingerprint density at radius 3 is 2.57 bits per heavy atom. The highest BCUT2D eigenvalue weighted by molar-refractivity contribution is 9.10. The van der Waals surface area contributed by atoms with E-state index >= 15 is 0 Å². The van der Waals surface area contributed by atoms with E-state index in [1.807, 2.05) is 31.2 Å². The highest BCUT2D eigenvalue weighted by Crippen LogP contribution is 2.20. The van der Waals surface area contributed by atoms with Crippen molar-refractivity contribution in [2.45, 2.75) is 12.8 Å². The number of rotatable bonds is 3. The zero-order valence-corrected chi connectivity index (χ0v) is 10.6. The van der Waals surface area contributed by atoms with E-state index < -0.39 is 9.84 Å². The van der Waals surface area contributed by atoms with Crippen LogP contribution >= 0.6 is 15.9 Å². The van der Waals surface area contributed by atoms with E-state index in [2.05, 4.69) is 15.9 Å². The van der Waals surface area contributed by atoms with Crippen LogP contribution in [-0.4, -0.2) is 20.4 Å². The first kappa shape index (κ1) is 11.7. The van der Waals surface area contributed by atoms with Gasteiger partial charge in [0.25, 0.3) is 0 Å². The first-order chi connectivity index (χ1) is 6.38. The summed E-state index contributed by atoms with van der Waals surface area (Å²) < 4.78 is 23.2. The van der Waals surface area contributed by atoms with Gasteiger partial charge in [-0.3, -0.25) is 0 Å². The van der Waals surface area contributed by atoms with Crippen LogP contribution in [0.25, 0.3) is 0 Å². The molecule has 0 aliphatic rings. The molecule has 1 rings (SSSR count). The molecular weight excluding hydrogens is 264 g/mol. The third-order valence-electron chi connectivity index (χ3n) is 1.97. The van der Waals surface area contributed by atoms with Gasteiger partial charge in [0.05, 0.1) is 5.75 Å². The predicted molar refractivity (Wildman–Crippen MR) is 62.3 cm³/mol. The maximum Gasteiger partial charge on any atom is 0.148 e. The van der Waals surface area contributed by atoms with E-state index in [9.17, 15) is 8.42 Å². The SMILES string of the molecule is CC(CS(C)(=O)=O)c1cccc(Br)c1. The fourth-order valence-electron chi connectivity index (χ4n) is 1.36. The number of hydrogen-bond donors (Lipinski definition) is 0. The van der Waals surface area contributed by atoms with Gasteiger partial charge in [-0.2, -0.15) is 0 Å². The molecule has 0 N–H and O–H groups in total. The van der Waals surface area contributed by atoms with Crippen LogP contribution < -0.4 is 0 Å². The van der Waals surface area contributed by atoms with Crippen LogP contribution in [0.5, 0.6) is 0 Å². The van der Waals surface area contributed by atoms with Crippen molar-refractivity contribution >= 4 is 25.8 Å². The number of hydrogen-bond acceptors (Lipinski definition) is 2. The van der Waals surface area contributed by atoms with Gasteiger partial charge in [-0.05, 0) is 23.6 Å². The molecule has 0 fully saturated rings. The van der Waals surface area contributed by atoms with Gasteiger partial charge < -0.3 is 0 Å². The van der Waals surface area contributed by atoms with E-state index in [0.29, 0.717) is 0 Å². The summed E-state index contributed by atoms with van der Waals surface area (Å²) in [6.07, 6.45) is 1.27. The molecule has 0 spiro atoms. The van der Waals surface area contributed by atoms with Gasteiger partial charge in [0, 0.05) is 10.7 Å². The first-order valence-electron chi connectivity index (χ1n) is 4.31. The molecule has 78 valence electrons. The monoisotopic (exact) mass is 276 g/mol. The Morgan fingerprint density at radius 2 is 2.07 bits per heavy atom. The van der Waals surface area contributed by atoms with Crippen molar-refractivity contribution in [1.82, 2.24) is 0 Å². The van der Waals surface area contributed by atoms with E-state index in [1.54, 1.807) is 0 Å². The Morgan fingerprint density at radius 1 is 1.43 bits per heavy atom. The first-order valence-corrected chi connectivity index (χ1v) is 7.17. The van der Waals surface area contributed by atoms with Crippen LogP contribution in [0, 0.1) is 0 Å². The number of halogens is 1. The second kappa shape index (κ2) is 4.45. The maximum absolute atomic E-state index is 11.1. The second-order valence-corrected chi connectivity index (χ2v) is 6.65. The molecule has 0 aromatic heterocycles. The van der Waals surface area contributed by atoms with Crippen LogP contribution in [0.2, 0.25) is 0 Å². The van der Waals surface area contributed by atoms with Crippen LogP contribution in [0.1, 0.15) is 18.4 Å². The summed E-state index contributed by atoms with van der Waals surface area (Å²) in [7, 11) is -2.90. The smallest absolute Gasteiger partial charge is 0.148 e. The van der Waals surface area contributed by atoms with Crippen molar-refractivity contribution in [3.8, 4) is 0 Å². The average Bonchev–Trinajstić information content (AvgIpc) is 2.01. The minimum Gasteiger partial charge on any atom is -0.229 e. The van der Waals surface area contributed by atoms with E-state index in [4.69, 9.17) is 0 Å². The molecule has 0 saturated carbocycles. The summed E-state index contributed by atoms with van der Waals surface area (Å²) in [6, 6.07) is 7.74. The van der Waals surface area contributed by atoms with Gasteiger partial charge in [-0.1, -0.05) is 35.0 Å². The number of benzene rings is 1. The summed E-state index contributed by atoms with van der Waals surface area (Å²) in [4.78, 5) is 0. The van der Waals surface area contributed by atoms with Crippen molar-refractivity contribution in [3.05, 3.63) is 34.3 Å². The fourth-order valence-corrected chi connectivity index (χ4v) is 2.88. The van der Waals surface area contributed by atoms with Crippen molar-refractivity contribution in [3.63, 3.8) is 0 Å². The summed E-state index contributed by atoms with van der Waals surface area (Å²) in [5.74, 6) is 0.242. The van der Waals surface area contributed by atoms with Gasteiger partial charge in [-0.25, -0.2) is 8.42 Å². The van der Waals surface area contributed by atoms with Gasteiger partial charge in [0.15, 0.2) is 0 Å². The van der Waals surface area contributed by atoms with E-state index in [1.165, 1.54) is 6.26 Å². The van der Waals surface area contributed by atoms with Crippen molar-refractivity contribution < 1.29 is 8.42 Å². The molecule has 0 radical (unpaired) electrons. The van der Waals surface area contributed by atoms with Crippen LogP contribution in [0.4, 0.5) is 0 Å². The average molecular weight is 277 g/mol. The zero-order chi connectivity index (χ0) is 10.8. The summed E-state index contributed by atoms with van der Waals surface area (Å²) >= 11 is 3.36. The Bertz CT molecular complexity index is 412. The third kappa shape index (κ3) is 3.80. The van der Waals surface area contributed by atoms with Gasteiger partial charge in [0.2, 0.25) is 0 Å². The van der Waals surface area contributed by atoms with Crippen LogP contribution in [-0.2, 0) is 9.84 Å². The lowest BCUT2D eigenvalue weighted by molar-refractivity contribution is 0.596. The lowest BCUT2D eigenvalue weighted by Gasteiger charge is -2.10. The molecule has 4 heteroatoms. The van der Waals surface area contributed by atoms with Crippen molar-refractivity contribution in [2.24, 2.45) is 0 Å². The lowest BCUT2D eigenvalue weighted by Crippen LogP contribution is -2.10. The van der Waals surface area contributed by atoms with Gasteiger partial charge >= 0.3 is 0 Å². The molecule has 1 atom stereocenters. The summed E-state index contributed by atoms with van der Waals surface area (Å²) in [6.45, 7) is 1.92. The summed E-state index contributed by atoms with van der Waals surface area (Å²) in [5.41, 5.74) is 1.05. The van der Waals surface area contributed by atoms with Crippen molar-refractivity contribution in [2.75, 3.05) is 12.0 Å². The fraction of sp³-hybridized carbons (Fsp3) is 0.400. The Hall–Kier alpha value is -0.350. The predicted octanol–water partition coefficient (Wildman–Crippen LogP) is 2.60. The molecule has 1 unspecified atom stereocenters. The highest BCUT2D eigenvalue weighted by Gasteiger charge is 2.12. The molecule has 2 nitrogen and oxygen atoms in total. The minimum atomic E-state index is -2.90. The minimum absolute atomic E-state index is 0.0440. The molecular formula is C10H13BrO2S. The lowest BCUT2D eigenvalue weighted by atomic mass is 10.0. The standard InChI is InChI=1S/C10H13BrO2S/c1-8(7-14(2,12)13)9-4-3-5-10(11)6-9/h3-6,8H,7H2,1-2H3. The number of sulfone groups is 1. The molecule has 0 heterocycles. The second-order valence-electron chi connectivity index (χ2n) is 3.55. The Labute approximate surface area is 93.4 Å². The van der Waals surface area contributed by atoms with Crippen LogP contribution in [0.3, 0.4) is 0 Å². The quantitative estimate of drug-likeness (QED) is 0.851. The van der Waals surface area contributed by atoms with E-state index in [-0.39, 0.29) is 11.7 Å². The van der Waals surface area contributed by atoms with Crippen molar-refractivity contribution in [1.29, 1.82) is 0 Å². The van der Waals surface area contributed by atoms with Gasteiger partial charge in [0.1, 0.15) is 9.84 Å². The molecule has 0 aliphatic carbocycles. The third-order valence-corrected chi connectivity index (χ3v) is 3.57. The molecule has 1 aromatic rings. The largest absolute Gasteiger partial charge is 0.229 e. The normalized spacial score (nSPS) is 13.9. The molecule has 1 aromatic carbocycles. The molecule has 14 heavy (non-hydrogen) atoms. The summed E-state index contributed by atoms with van der Waals surface area (Å²) in [5, 5.41) is 0. The van der Waals surface area contributed by atoms with E-state index in [0.717, 1.165) is 10.0 Å². The molecule has 0 saturated heterocycles. The molecule has 0 amide bonds. The molecule has 0 bridgehead atoms. The molecule has 0 aliphatic heterocycles. The highest BCUT2D eigenvalue weighted by atomic mass is 79.9. The van der Waals surface area contributed by atoms with Crippen LogP contribution in [0.15, 0.2) is 28.7 Å². The maximum atomic E-state index is 11.1.